The van der Waals surface area contributed by atoms with Crippen LogP contribution in [0.2, 0.25) is 0 Å². The summed E-state index contributed by atoms with van der Waals surface area (Å²) < 4.78 is 12.5. The Balaban J connectivity index is 2.14. The number of carbonyl (C=O) groups excluding carboxylic acids is 1. The van der Waals surface area contributed by atoms with Crippen LogP contribution in [0.1, 0.15) is 10.4 Å². The highest BCUT2D eigenvalue weighted by atomic mass is 35.6. The molecule has 3 aromatic carbocycles. The topological polar surface area (TPSA) is 46.2 Å². The van der Waals surface area contributed by atoms with Gasteiger partial charge in [-0.2, -0.15) is 0 Å². The maximum Gasteiger partial charge on any atom is 0.252 e. The number of benzene rings is 3. The lowest BCUT2D eigenvalue weighted by atomic mass is 10.2. The molecule has 0 saturated carbocycles. The summed E-state index contributed by atoms with van der Waals surface area (Å²) in [6.45, 7) is 0. The van der Waals surface area contributed by atoms with E-state index in [1.165, 1.54) is 0 Å². The predicted molar refractivity (Wildman–Crippen MR) is 118 cm³/mol. The lowest BCUT2D eigenvalue weighted by Crippen LogP contribution is -2.47. The highest BCUT2D eigenvalue weighted by Crippen LogP contribution is 2.55. The van der Waals surface area contributed by atoms with E-state index in [0.29, 0.717) is 16.2 Å². The van der Waals surface area contributed by atoms with Crippen molar-refractivity contribution in [1.29, 1.82) is 0 Å². The second-order valence-corrected chi connectivity index (χ2v) is 11.3. The van der Waals surface area contributed by atoms with Crippen molar-refractivity contribution in [3.05, 3.63) is 96.6 Å². The molecule has 1 atom stereocenters. The minimum atomic E-state index is -3.56. The van der Waals surface area contributed by atoms with Gasteiger partial charge in [-0.25, -0.2) is 0 Å². The van der Waals surface area contributed by atoms with Crippen molar-refractivity contribution < 1.29 is 9.36 Å². The molecule has 1 N–H and O–H groups in total. The SMILES string of the molecule is O=C(NC(C(Cl)(Cl)Cl)P(=O)(c1ccccc1)c1ccccc1)c1ccccc1. The Bertz CT molecular complexity index is 933. The predicted octanol–water partition coefficient (Wildman–Crippen LogP) is 5.13. The summed E-state index contributed by atoms with van der Waals surface area (Å²) in [6.07, 6.45) is 0. The zero-order valence-corrected chi connectivity index (χ0v) is 17.8. The van der Waals surface area contributed by atoms with Crippen LogP contribution >= 0.6 is 41.9 Å². The molecule has 3 aromatic rings. The van der Waals surface area contributed by atoms with E-state index in [1.807, 2.05) is 12.1 Å². The van der Waals surface area contributed by atoms with E-state index in [1.54, 1.807) is 78.9 Å². The second kappa shape index (κ2) is 8.71. The maximum absolute atomic E-state index is 14.5. The Kier molecular flexibility index (Phi) is 6.52. The van der Waals surface area contributed by atoms with Crippen LogP contribution in [0.3, 0.4) is 0 Å². The van der Waals surface area contributed by atoms with E-state index >= 15 is 0 Å². The zero-order valence-electron chi connectivity index (χ0n) is 14.6. The molecule has 0 fully saturated rings. The van der Waals surface area contributed by atoms with Gasteiger partial charge in [0, 0.05) is 16.2 Å². The molecule has 0 aliphatic heterocycles. The lowest BCUT2D eigenvalue weighted by Gasteiger charge is -2.34. The maximum atomic E-state index is 14.5. The fourth-order valence-electron chi connectivity index (χ4n) is 2.92. The van der Waals surface area contributed by atoms with Crippen molar-refractivity contribution >= 4 is 58.5 Å². The van der Waals surface area contributed by atoms with Crippen LogP contribution in [0.15, 0.2) is 91.0 Å². The molecule has 0 bridgehead atoms. The first-order valence-electron chi connectivity index (χ1n) is 8.47. The van der Waals surface area contributed by atoms with Gasteiger partial charge in [0.25, 0.3) is 5.91 Å². The third kappa shape index (κ3) is 4.45. The molecular weight excluding hydrogens is 436 g/mol. The van der Waals surface area contributed by atoms with Crippen molar-refractivity contribution in [3.8, 4) is 0 Å². The molecule has 144 valence electrons. The van der Waals surface area contributed by atoms with Gasteiger partial charge in [-0.1, -0.05) is 114 Å². The molecule has 28 heavy (non-hydrogen) atoms. The Morgan fingerprint density at radius 2 is 1.14 bits per heavy atom. The number of hydrogen-bond donors (Lipinski definition) is 1. The standard InChI is InChI=1S/C21H17Cl3NO2P/c22-21(23,24)20(25-19(26)16-10-4-1-5-11-16)28(27,17-12-6-2-7-13-17)18-14-8-3-9-15-18/h1-15,20H,(H,25,26). The van der Waals surface area contributed by atoms with Gasteiger partial charge in [-0.15, -0.1) is 0 Å². The normalized spacial score (nSPS) is 13.0. The van der Waals surface area contributed by atoms with Gasteiger partial charge in [0.1, 0.15) is 5.78 Å². The molecule has 3 rings (SSSR count). The Hall–Kier alpha value is -1.77. The number of carbonyl (C=O) groups is 1. The molecule has 1 amide bonds. The molecule has 0 aliphatic rings. The van der Waals surface area contributed by atoms with Crippen molar-refractivity contribution in [1.82, 2.24) is 5.32 Å². The van der Waals surface area contributed by atoms with Crippen molar-refractivity contribution in [2.45, 2.75) is 9.58 Å². The first-order valence-corrected chi connectivity index (χ1v) is 11.4. The summed E-state index contributed by atoms with van der Waals surface area (Å²) >= 11 is 18.8. The van der Waals surface area contributed by atoms with Crippen molar-refractivity contribution in [2.24, 2.45) is 0 Å². The third-order valence-electron chi connectivity index (χ3n) is 4.26. The summed E-state index contributed by atoms with van der Waals surface area (Å²) in [5, 5.41) is 3.70. The molecule has 0 heterocycles. The quantitative estimate of drug-likeness (QED) is 0.431. The van der Waals surface area contributed by atoms with Gasteiger partial charge >= 0.3 is 0 Å². The fraction of sp³-hybridized carbons (Fsp3) is 0.0952. The highest BCUT2D eigenvalue weighted by Gasteiger charge is 2.49. The molecule has 7 heteroatoms. The van der Waals surface area contributed by atoms with Crippen LogP contribution in [0.25, 0.3) is 0 Å². The monoisotopic (exact) mass is 451 g/mol. The summed E-state index contributed by atoms with van der Waals surface area (Å²) in [7, 11) is -3.56. The van der Waals surface area contributed by atoms with E-state index in [4.69, 9.17) is 34.8 Å². The fourth-order valence-corrected chi connectivity index (χ4v) is 7.16. The first kappa shape index (κ1) is 21.0. The molecule has 1 unspecified atom stereocenters. The lowest BCUT2D eigenvalue weighted by molar-refractivity contribution is 0.0948. The number of alkyl halides is 3. The van der Waals surface area contributed by atoms with E-state index in [2.05, 4.69) is 5.32 Å². The Morgan fingerprint density at radius 1 is 0.750 bits per heavy atom. The first-order chi connectivity index (χ1) is 13.3. The smallest absolute Gasteiger partial charge is 0.252 e. The molecule has 0 aromatic heterocycles. The van der Waals surface area contributed by atoms with Crippen LogP contribution in [0.5, 0.6) is 0 Å². The largest absolute Gasteiger partial charge is 0.338 e. The van der Waals surface area contributed by atoms with E-state index in [9.17, 15) is 9.36 Å². The summed E-state index contributed by atoms with van der Waals surface area (Å²) in [4.78, 5) is 12.8. The van der Waals surface area contributed by atoms with Gasteiger partial charge in [0.2, 0.25) is 3.79 Å². The average molecular weight is 453 g/mol. The van der Waals surface area contributed by atoms with Crippen LogP contribution in [-0.2, 0) is 4.57 Å². The van der Waals surface area contributed by atoms with Crippen LogP contribution in [0, 0.1) is 0 Å². The minimum absolute atomic E-state index is 0.384. The van der Waals surface area contributed by atoms with Gasteiger partial charge in [0.15, 0.2) is 7.14 Å². The van der Waals surface area contributed by atoms with Gasteiger partial charge in [0.05, 0.1) is 0 Å². The average Bonchev–Trinajstić information content (AvgIpc) is 2.72. The van der Waals surface area contributed by atoms with Crippen LogP contribution in [-0.4, -0.2) is 15.5 Å². The zero-order chi connectivity index (χ0) is 20.2. The van der Waals surface area contributed by atoms with Gasteiger partial charge in [-0.05, 0) is 12.1 Å². The van der Waals surface area contributed by atoms with Crippen LogP contribution in [0.4, 0.5) is 0 Å². The minimum Gasteiger partial charge on any atom is -0.338 e. The van der Waals surface area contributed by atoms with E-state index in [0.717, 1.165) is 0 Å². The summed E-state index contributed by atoms with van der Waals surface area (Å²) in [5.74, 6) is -1.73. The molecule has 0 saturated heterocycles. The number of halogens is 3. The highest BCUT2D eigenvalue weighted by molar-refractivity contribution is 7.79. The summed E-state index contributed by atoms with van der Waals surface area (Å²) in [5.41, 5.74) is 0.384. The Labute approximate surface area is 179 Å². The van der Waals surface area contributed by atoms with Gasteiger partial charge < -0.3 is 9.88 Å². The van der Waals surface area contributed by atoms with Crippen molar-refractivity contribution in [3.63, 3.8) is 0 Å². The molecule has 0 radical (unpaired) electrons. The van der Waals surface area contributed by atoms with Crippen molar-refractivity contribution in [2.75, 3.05) is 0 Å². The number of hydrogen-bond acceptors (Lipinski definition) is 2. The number of rotatable bonds is 5. The summed E-state index contributed by atoms with van der Waals surface area (Å²) in [6, 6.07) is 26.1. The third-order valence-corrected chi connectivity index (χ3v) is 8.74. The van der Waals surface area contributed by atoms with Crippen LogP contribution < -0.4 is 15.9 Å². The van der Waals surface area contributed by atoms with Gasteiger partial charge in [-0.3, -0.25) is 4.79 Å². The number of amides is 1. The molecule has 0 spiro atoms. The molecular formula is C21H17Cl3NO2P. The number of nitrogens with one attached hydrogen (secondary N) is 1. The molecule has 3 nitrogen and oxygen atoms in total. The van der Waals surface area contributed by atoms with E-state index < -0.39 is 22.6 Å². The molecule has 0 aliphatic carbocycles. The Morgan fingerprint density at radius 3 is 1.54 bits per heavy atom. The second-order valence-electron chi connectivity index (χ2n) is 6.11. The van der Waals surface area contributed by atoms with E-state index in [-0.39, 0.29) is 0 Å².